The lowest BCUT2D eigenvalue weighted by Crippen LogP contribution is -2.35. The van der Waals surface area contributed by atoms with Gasteiger partial charge in [-0.25, -0.2) is 0 Å². The van der Waals surface area contributed by atoms with E-state index in [9.17, 15) is 9.90 Å². The number of hydrogen-bond donors (Lipinski definition) is 2. The third-order valence-corrected chi connectivity index (χ3v) is 4.48. The van der Waals surface area contributed by atoms with Gasteiger partial charge in [0.05, 0.1) is 16.6 Å². The quantitative estimate of drug-likeness (QED) is 0.679. The number of rotatable bonds is 6. The molecule has 0 aliphatic rings. The van der Waals surface area contributed by atoms with Crippen LogP contribution in [-0.4, -0.2) is 24.2 Å². The van der Waals surface area contributed by atoms with E-state index in [1.807, 2.05) is 0 Å². The van der Waals surface area contributed by atoms with E-state index in [2.05, 4.69) is 21.2 Å². The average Bonchev–Trinajstić information content (AvgIpc) is 2.57. The van der Waals surface area contributed by atoms with E-state index in [1.165, 1.54) is 7.11 Å². The molecule has 0 aliphatic heterocycles. The van der Waals surface area contributed by atoms with Crippen LogP contribution in [-0.2, 0) is 11.3 Å². The van der Waals surface area contributed by atoms with Crippen molar-refractivity contribution in [2.75, 3.05) is 7.11 Å². The van der Waals surface area contributed by atoms with Crippen LogP contribution in [0.25, 0.3) is 0 Å². The summed E-state index contributed by atoms with van der Waals surface area (Å²) in [5.41, 5.74) is 0.756. The van der Waals surface area contributed by atoms with Gasteiger partial charge in [-0.1, -0.05) is 23.2 Å². The highest BCUT2D eigenvalue weighted by atomic mass is 79.9. The first-order valence-electron chi connectivity index (χ1n) is 7.26. The molecule has 1 atom stereocenters. The third kappa shape index (κ3) is 5.17. The van der Waals surface area contributed by atoms with Gasteiger partial charge in [0.15, 0.2) is 17.6 Å². The second-order valence-corrected chi connectivity index (χ2v) is 6.88. The average molecular weight is 449 g/mol. The van der Waals surface area contributed by atoms with Crippen LogP contribution in [0, 0.1) is 0 Å². The van der Waals surface area contributed by atoms with E-state index in [4.69, 9.17) is 32.7 Å². The number of phenolic OH excluding ortho intramolecular Hbond substituents is 1. The Hall–Kier alpha value is -1.63. The number of benzene rings is 2. The molecule has 2 N–H and O–H groups in total. The number of phenols is 1. The van der Waals surface area contributed by atoms with Gasteiger partial charge in [-0.3, -0.25) is 4.79 Å². The first kappa shape index (κ1) is 19.7. The van der Waals surface area contributed by atoms with Crippen molar-refractivity contribution in [2.45, 2.75) is 19.6 Å². The molecule has 0 saturated heterocycles. The van der Waals surface area contributed by atoms with Gasteiger partial charge >= 0.3 is 0 Å². The van der Waals surface area contributed by atoms with Gasteiger partial charge in [-0.15, -0.1) is 0 Å². The Morgan fingerprint density at radius 2 is 2.00 bits per heavy atom. The Labute approximate surface area is 164 Å². The Morgan fingerprint density at radius 3 is 2.64 bits per heavy atom. The van der Waals surface area contributed by atoms with Gasteiger partial charge in [0.25, 0.3) is 5.91 Å². The molecule has 0 spiro atoms. The van der Waals surface area contributed by atoms with E-state index >= 15 is 0 Å². The van der Waals surface area contributed by atoms with Crippen LogP contribution in [0.15, 0.2) is 34.8 Å². The van der Waals surface area contributed by atoms with Crippen LogP contribution < -0.4 is 14.8 Å². The summed E-state index contributed by atoms with van der Waals surface area (Å²) < 4.78 is 11.1. The standard InChI is InChI=1S/C17H16BrCl2NO4/c1-9(25-14-4-3-11(19)7-13(14)20)17(23)21-8-10-5-12(18)16(22)15(6-10)24-2/h3-7,9,22H,8H2,1-2H3,(H,21,23)/t9-/m0/s1. The molecule has 2 aromatic carbocycles. The summed E-state index contributed by atoms with van der Waals surface area (Å²) in [5.74, 6) is 0.388. The molecule has 0 radical (unpaired) electrons. The maximum atomic E-state index is 12.2. The van der Waals surface area contributed by atoms with Gasteiger partial charge in [0.2, 0.25) is 0 Å². The maximum absolute atomic E-state index is 12.2. The van der Waals surface area contributed by atoms with E-state index in [0.717, 1.165) is 5.56 Å². The van der Waals surface area contributed by atoms with Gasteiger partial charge in [0.1, 0.15) is 5.75 Å². The smallest absolute Gasteiger partial charge is 0.261 e. The Kier molecular flexibility index (Phi) is 6.81. The zero-order valence-corrected chi connectivity index (χ0v) is 16.6. The lowest BCUT2D eigenvalue weighted by molar-refractivity contribution is -0.127. The van der Waals surface area contributed by atoms with Gasteiger partial charge < -0.3 is 19.9 Å². The lowest BCUT2D eigenvalue weighted by Gasteiger charge is -2.16. The van der Waals surface area contributed by atoms with E-state index in [-0.39, 0.29) is 18.2 Å². The number of amides is 1. The number of carbonyl (C=O) groups is 1. The fourth-order valence-electron chi connectivity index (χ4n) is 2.03. The summed E-state index contributed by atoms with van der Waals surface area (Å²) in [5, 5.41) is 13.4. The van der Waals surface area contributed by atoms with Crippen molar-refractivity contribution in [2.24, 2.45) is 0 Å². The minimum Gasteiger partial charge on any atom is -0.503 e. The highest BCUT2D eigenvalue weighted by molar-refractivity contribution is 9.10. The summed E-state index contributed by atoms with van der Waals surface area (Å²) in [6, 6.07) is 8.12. The Bertz CT molecular complexity index is 785. The monoisotopic (exact) mass is 447 g/mol. The fourth-order valence-corrected chi connectivity index (χ4v) is 2.98. The van der Waals surface area contributed by atoms with Crippen LogP contribution in [0.2, 0.25) is 10.0 Å². The highest BCUT2D eigenvalue weighted by Gasteiger charge is 2.17. The number of aromatic hydroxyl groups is 1. The van der Waals surface area contributed by atoms with E-state index in [1.54, 1.807) is 37.3 Å². The molecule has 134 valence electrons. The van der Waals surface area contributed by atoms with Crippen LogP contribution >= 0.6 is 39.1 Å². The molecule has 2 rings (SSSR count). The second kappa shape index (κ2) is 8.65. The largest absolute Gasteiger partial charge is 0.503 e. The van der Waals surface area contributed by atoms with Crippen molar-refractivity contribution in [3.63, 3.8) is 0 Å². The van der Waals surface area contributed by atoms with Crippen molar-refractivity contribution >= 4 is 45.0 Å². The molecular weight excluding hydrogens is 433 g/mol. The van der Waals surface area contributed by atoms with E-state index < -0.39 is 6.10 Å². The molecule has 0 aliphatic carbocycles. The summed E-state index contributed by atoms with van der Waals surface area (Å²) in [6.07, 6.45) is -0.749. The number of hydrogen-bond acceptors (Lipinski definition) is 4. The zero-order chi connectivity index (χ0) is 18.6. The third-order valence-electron chi connectivity index (χ3n) is 3.34. The molecule has 0 saturated carbocycles. The van der Waals surface area contributed by atoms with Crippen molar-refractivity contribution in [1.29, 1.82) is 0 Å². The minimum absolute atomic E-state index is 0.00616. The molecule has 0 fully saturated rings. The number of nitrogens with one attached hydrogen (secondary N) is 1. The molecule has 5 nitrogen and oxygen atoms in total. The first-order chi connectivity index (χ1) is 11.8. The van der Waals surface area contributed by atoms with Crippen LogP contribution in [0.1, 0.15) is 12.5 Å². The van der Waals surface area contributed by atoms with Crippen LogP contribution in [0.4, 0.5) is 0 Å². The van der Waals surface area contributed by atoms with Crippen LogP contribution in [0.3, 0.4) is 0 Å². The Morgan fingerprint density at radius 1 is 1.28 bits per heavy atom. The normalized spacial score (nSPS) is 11.7. The van der Waals surface area contributed by atoms with Crippen molar-refractivity contribution in [1.82, 2.24) is 5.32 Å². The SMILES string of the molecule is COc1cc(CNC(=O)[C@H](C)Oc2ccc(Cl)cc2Cl)cc(Br)c1O. The minimum atomic E-state index is -0.749. The highest BCUT2D eigenvalue weighted by Crippen LogP contribution is 2.35. The van der Waals surface area contributed by atoms with Crippen molar-refractivity contribution in [3.8, 4) is 17.2 Å². The van der Waals surface area contributed by atoms with Crippen molar-refractivity contribution < 1.29 is 19.4 Å². The van der Waals surface area contributed by atoms with Gasteiger partial charge in [-0.05, 0) is 58.7 Å². The molecule has 8 heteroatoms. The number of ether oxygens (including phenoxy) is 2. The molecule has 0 bridgehead atoms. The Balaban J connectivity index is 1.99. The molecule has 25 heavy (non-hydrogen) atoms. The summed E-state index contributed by atoms with van der Waals surface area (Å²) >= 11 is 15.1. The number of halogens is 3. The maximum Gasteiger partial charge on any atom is 0.261 e. The van der Waals surface area contributed by atoms with Gasteiger partial charge in [-0.2, -0.15) is 0 Å². The second-order valence-electron chi connectivity index (χ2n) is 5.18. The fraction of sp³-hybridized carbons (Fsp3) is 0.235. The zero-order valence-electron chi connectivity index (χ0n) is 13.5. The predicted molar refractivity (Wildman–Crippen MR) is 101 cm³/mol. The molecular formula is C17H16BrCl2NO4. The predicted octanol–water partition coefficient (Wildman–Crippen LogP) is 4.55. The van der Waals surface area contributed by atoms with Crippen LogP contribution in [0.5, 0.6) is 17.2 Å². The number of methoxy groups -OCH3 is 1. The molecule has 0 aromatic heterocycles. The summed E-state index contributed by atoms with van der Waals surface area (Å²) in [6.45, 7) is 1.86. The van der Waals surface area contributed by atoms with E-state index in [0.29, 0.717) is 26.0 Å². The lowest BCUT2D eigenvalue weighted by atomic mass is 10.2. The number of carbonyl (C=O) groups excluding carboxylic acids is 1. The van der Waals surface area contributed by atoms with Crippen molar-refractivity contribution in [3.05, 3.63) is 50.4 Å². The molecule has 2 aromatic rings. The first-order valence-corrected chi connectivity index (χ1v) is 8.81. The van der Waals surface area contributed by atoms with Gasteiger partial charge in [0, 0.05) is 11.6 Å². The molecule has 0 unspecified atom stereocenters. The summed E-state index contributed by atoms with van der Waals surface area (Å²) in [7, 11) is 1.45. The topological polar surface area (TPSA) is 67.8 Å². The summed E-state index contributed by atoms with van der Waals surface area (Å²) in [4.78, 5) is 12.2. The molecule has 1 amide bonds. The molecule has 0 heterocycles.